The van der Waals surface area contributed by atoms with Gasteiger partial charge >= 0.3 is 0 Å². The third kappa shape index (κ3) is 3.93. The molecule has 1 aliphatic rings. The highest BCUT2D eigenvalue weighted by atomic mass is 79.9. The molecule has 1 atom stereocenters. The predicted octanol–water partition coefficient (Wildman–Crippen LogP) is 3.60. The molecule has 5 heteroatoms. The summed E-state index contributed by atoms with van der Waals surface area (Å²) in [5.74, 6) is -0.116. The van der Waals surface area contributed by atoms with Gasteiger partial charge < -0.3 is 10.2 Å². The normalized spacial score (nSPS) is 16.2. The zero-order valence-corrected chi connectivity index (χ0v) is 15.8. The van der Waals surface area contributed by atoms with Crippen molar-refractivity contribution >= 4 is 27.7 Å². The van der Waals surface area contributed by atoms with Gasteiger partial charge in [-0.1, -0.05) is 59.3 Å². The Balaban J connectivity index is 1.81. The molecule has 1 heterocycles. The number of amides is 2. The van der Waals surface area contributed by atoms with E-state index in [1.54, 1.807) is 4.90 Å². The van der Waals surface area contributed by atoms with Crippen LogP contribution in [-0.2, 0) is 22.6 Å². The van der Waals surface area contributed by atoms with Crippen molar-refractivity contribution in [3.8, 4) is 0 Å². The molecule has 25 heavy (non-hydrogen) atoms. The van der Waals surface area contributed by atoms with Crippen LogP contribution in [0.25, 0.3) is 0 Å². The Morgan fingerprint density at radius 2 is 1.88 bits per heavy atom. The van der Waals surface area contributed by atoms with Crippen LogP contribution in [0.2, 0.25) is 0 Å². The highest BCUT2D eigenvalue weighted by Crippen LogP contribution is 2.30. The highest BCUT2D eigenvalue weighted by molar-refractivity contribution is 9.10. The molecule has 2 aromatic carbocycles. The minimum absolute atomic E-state index is 0.0123. The van der Waals surface area contributed by atoms with Gasteiger partial charge in [-0.3, -0.25) is 9.59 Å². The minimum Gasteiger partial charge on any atom is -0.350 e. The largest absolute Gasteiger partial charge is 0.350 e. The lowest BCUT2D eigenvalue weighted by molar-refractivity contribution is -0.141. The van der Waals surface area contributed by atoms with E-state index >= 15 is 0 Å². The summed E-state index contributed by atoms with van der Waals surface area (Å²) in [6.45, 7) is 2.86. The van der Waals surface area contributed by atoms with Gasteiger partial charge in [0.25, 0.3) is 0 Å². The molecule has 0 fully saturated rings. The van der Waals surface area contributed by atoms with E-state index in [-0.39, 0.29) is 11.8 Å². The van der Waals surface area contributed by atoms with Gasteiger partial charge in [-0.15, -0.1) is 0 Å². The molecular formula is C20H21BrN2O2. The number of benzene rings is 2. The van der Waals surface area contributed by atoms with Crippen LogP contribution in [0.1, 0.15) is 36.1 Å². The van der Waals surface area contributed by atoms with Crippen molar-refractivity contribution in [2.45, 2.75) is 32.4 Å². The first-order valence-corrected chi connectivity index (χ1v) is 9.29. The predicted molar refractivity (Wildman–Crippen MR) is 101 cm³/mol. The number of rotatable bonds is 4. The van der Waals surface area contributed by atoms with E-state index < -0.39 is 6.04 Å². The summed E-state index contributed by atoms with van der Waals surface area (Å²) < 4.78 is 1.00. The molecule has 2 amide bonds. The van der Waals surface area contributed by atoms with Crippen molar-refractivity contribution in [2.24, 2.45) is 0 Å². The summed E-state index contributed by atoms with van der Waals surface area (Å²) >= 11 is 3.41. The van der Waals surface area contributed by atoms with Crippen LogP contribution in [0.5, 0.6) is 0 Å². The number of halogens is 1. The number of fused-ring (bicyclic) bond motifs is 1. The molecule has 0 radical (unpaired) electrons. The lowest BCUT2D eigenvalue weighted by atomic mass is 9.91. The summed E-state index contributed by atoms with van der Waals surface area (Å²) in [6.07, 6.45) is 1.19. The lowest BCUT2D eigenvalue weighted by Gasteiger charge is -2.36. The van der Waals surface area contributed by atoms with Crippen molar-refractivity contribution < 1.29 is 9.59 Å². The summed E-state index contributed by atoms with van der Waals surface area (Å²) in [4.78, 5) is 27.0. The second-order valence-corrected chi connectivity index (χ2v) is 7.05. The fourth-order valence-electron chi connectivity index (χ4n) is 3.21. The average molecular weight is 401 g/mol. The van der Waals surface area contributed by atoms with Crippen molar-refractivity contribution in [2.75, 3.05) is 6.54 Å². The van der Waals surface area contributed by atoms with E-state index in [0.29, 0.717) is 19.5 Å². The van der Waals surface area contributed by atoms with Crippen molar-refractivity contribution in [3.05, 3.63) is 69.7 Å². The Bertz CT molecular complexity index is 774. The van der Waals surface area contributed by atoms with E-state index in [0.717, 1.165) is 27.6 Å². The lowest BCUT2D eigenvalue weighted by Crippen LogP contribution is -2.46. The third-order valence-corrected chi connectivity index (χ3v) is 5.06. The fraction of sp³-hybridized carbons (Fsp3) is 0.300. The van der Waals surface area contributed by atoms with Crippen LogP contribution in [-0.4, -0.2) is 23.3 Å². The van der Waals surface area contributed by atoms with Crippen molar-refractivity contribution in [3.63, 3.8) is 0 Å². The first-order valence-electron chi connectivity index (χ1n) is 8.49. The maximum absolute atomic E-state index is 12.9. The quantitative estimate of drug-likeness (QED) is 0.851. The Hall–Kier alpha value is -2.14. The van der Waals surface area contributed by atoms with Crippen LogP contribution in [0.3, 0.4) is 0 Å². The molecule has 4 nitrogen and oxygen atoms in total. The van der Waals surface area contributed by atoms with E-state index in [1.807, 2.05) is 55.5 Å². The standard InChI is InChI=1S/C20H21BrN2O2/c1-2-18(24)23-12-11-15-5-3-4-6-17(15)19(23)20(25)22-13-14-7-9-16(21)10-8-14/h3-10,19H,2,11-13H2,1H3,(H,22,25). The number of hydrogen-bond donors (Lipinski definition) is 1. The summed E-state index contributed by atoms with van der Waals surface area (Å²) in [5.41, 5.74) is 3.10. The number of carbonyl (C=O) groups is 2. The molecular weight excluding hydrogens is 380 g/mol. The summed E-state index contributed by atoms with van der Waals surface area (Å²) in [6, 6.07) is 15.2. The fourth-order valence-corrected chi connectivity index (χ4v) is 3.47. The van der Waals surface area contributed by atoms with Crippen molar-refractivity contribution in [1.82, 2.24) is 10.2 Å². The third-order valence-electron chi connectivity index (χ3n) is 4.53. The Kier molecular flexibility index (Phi) is 5.53. The number of nitrogens with zero attached hydrogens (tertiary/aromatic N) is 1. The van der Waals surface area contributed by atoms with Crippen LogP contribution < -0.4 is 5.32 Å². The first kappa shape index (κ1) is 17.7. The monoisotopic (exact) mass is 400 g/mol. The summed E-state index contributed by atoms with van der Waals surface area (Å²) in [7, 11) is 0. The Labute approximate surface area is 156 Å². The molecule has 1 unspecified atom stereocenters. The van der Waals surface area contributed by atoms with Gasteiger partial charge in [0, 0.05) is 24.0 Å². The SMILES string of the molecule is CCC(=O)N1CCc2ccccc2C1C(=O)NCc1ccc(Br)cc1. The van der Waals surface area contributed by atoms with Gasteiger partial charge in [-0.05, 0) is 35.2 Å². The molecule has 2 aromatic rings. The molecule has 0 spiro atoms. The van der Waals surface area contributed by atoms with E-state index in [9.17, 15) is 9.59 Å². The number of carbonyl (C=O) groups excluding carboxylic acids is 2. The Morgan fingerprint density at radius 1 is 1.16 bits per heavy atom. The molecule has 0 aromatic heterocycles. The molecule has 3 rings (SSSR count). The molecule has 1 aliphatic heterocycles. The number of hydrogen-bond acceptors (Lipinski definition) is 2. The molecule has 0 bridgehead atoms. The van der Waals surface area contributed by atoms with Gasteiger partial charge in [-0.25, -0.2) is 0 Å². The zero-order chi connectivity index (χ0) is 17.8. The molecule has 0 saturated heterocycles. The van der Waals surface area contributed by atoms with Crippen LogP contribution in [0.4, 0.5) is 0 Å². The van der Waals surface area contributed by atoms with Gasteiger partial charge in [0.2, 0.25) is 11.8 Å². The van der Waals surface area contributed by atoms with E-state index in [2.05, 4.69) is 21.2 Å². The van der Waals surface area contributed by atoms with E-state index in [4.69, 9.17) is 0 Å². The van der Waals surface area contributed by atoms with Gasteiger partial charge in [0.15, 0.2) is 0 Å². The first-order chi connectivity index (χ1) is 12.1. The average Bonchev–Trinajstić information content (AvgIpc) is 2.65. The minimum atomic E-state index is -0.548. The highest BCUT2D eigenvalue weighted by Gasteiger charge is 2.34. The zero-order valence-electron chi connectivity index (χ0n) is 14.2. The van der Waals surface area contributed by atoms with Crippen molar-refractivity contribution in [1.29, 1.82) is 0 Å². The summed E-state index contributed by atoms with van der Waals surface area (Å²) in [5, 5.41) is 2.99. The second-order valence-electron chi connectivity index (χ2n) is 6.14. The van der Waals surface area contributed by atoms with Gasteiger partial charge in [0.05, 0.1) is 0 Å². The smallest absolute Gasteiger partial charge is 0.247 e. The number of nitrogens with one attached hydrogen (secondary N) is 1. The maximum atomic E-state index is 12.9. The van der Waals surface area contributed by atoms with Gasteiger partial charge in [0.1, 0.15) is 6.04 Å². The topological polar surface area (TPSA) is 49.4 Å². The molecule has 1 N–H and O–H groups in total. The molecule has 130 valence electrons. The van der Waals surface area contributed by atoms with Gasteiger partial charge in [-0.2, -0.15) is 0 Å². The van der Waals surface area contributed by atoms with E-state index in [1.165, 1.54) is 0 Å². The van der Waals surface area contributed by atoms with Crippen LogP contribution >= 0.6 is 15.9 Å². The Morgan fingerprint density at radius 3 is 2.60 bits per heavy atom. The molecule has 0 saturated carbocycles. The van der Waals surface area contributed by atoms with Crippen LogP contribution in [0.15, 0.2) is 53.0 Å². The van der Waals surface area contributed by atoms with Crippen LogP contribution in [0, 0.1) is 0 Å². The maximum Gasteiger partial charge on any atom is 0.247 e. The molecule has 0 aliphatic carbocycles. The second kappa shape index (κ2) is 7.83.